The van der Waals surface area contributed by atoms with Crippen molar-refractivity contribution in [3.8, 4) is 5.69 Å². The molecule has 2 aromatic carbocycles. The molecule has 1 aromatic heterocycles. The van der Waals surface area contributed by atoms with Crippen LogP contribution in [0.15, 0.2) is 47.6 Å². The van der Waals surface area contributed by atoms with Crippen LogP contribution < -0.4 is 0 Å². The highest BCUT2D eigenvalue weighted by Crippen LogP contribution is 2.28. The van der Waals surface area contributed by atoms with E-state index in [1.54, 1.807) is 12.1 Å². The van der Waals surface area contributed by atoms with Crippen molar-refractivity contribution in [3.05, 3.63) is 73.3 Å². The minimum Gasteiger partial charge on any atom is -0.258 e. The third-order valence-corrected chi connectivity index (χ3v) is 4.52. The van der Waals surface area contributed by atoms with Crippen LogP contribution in [0.1, 0.15) is 5.56 Å². The largest absolute Gasteiger partial charge is 0.278 e. The number of thioether (sulfide) groups is 1. The number of halogens is 1. The summed E-state index contributed by atoms with van der Waals surface area (Å²) in [5, 5.41) is 34.2. The molecule has 0 aliphatic carbocycles. The maximum atomic E-state index is 11.0. The molecule has 0 atom stereocenters. The Morgan fingerprint density at radius 3 is 2.23 bits per heavy atom. The van der Waals surface area contributed by atoms with Gasteiger partial charge in [0.15, 0.2) is 0 Å². The third kappa shape index (κ3) is 3.95. The summed E-state index contributed by atoms with van der Waals surface area (Å²) in [5.41, 5.74) is 0.269. The predicted molar refractivity (Wildman–Crippen MR) is 93.5 cm³/mol. The monoisotopic (exact) mass is 392 g/mol. The lowest BCUT2D eigenvalue weighted by atomic mass is 10.2. The average molecular weight is 393 g/mol. The van der Waals surface area contributed by atoms with Gasteiger partial charge in [0.1, 0.15) is 0 Å². The summed E-state index contributed by atoms with van der Waals surface area (Å²) in [6, 6.07) is 10.4. The fourth-order valence-electron chi connectivity index (χ4n) is 2.07. The first kappa shape index (κ1) is 17.8. The number of tetrazole rings is 1. The van der Waals surface area contributed by atoms with Gasteiger partial charge in [-0.2, -0.15) is 4.68 Å². The topological polar surface area (TPSA) is 130 Å². The molecule has 26 heavy (non-hydrogen) atoms. The highest BCUT2D eigenvalue weighted by Gasteiger charge is 2.20. The van der Waals surface area contributed by atoms with E-state index in [4.69, 9.17) is 11.6 Å². The van der Waals surface area contributed by atoms with Crippen LogP contribution in [0.2, 0.25) is 5.02 Å². The van der Waals surface area contributed by atoms with Crippen molar-refractivity contribution in [1.29, 1.82) is 0 Å². The fraction of sp³-hybridized carbons (Fsp3) is 0.0714. The average Bonchev–Trinajstić information content (AvgIpc) is 3.09. The van der Waals surface area contributed by atoms with Crippen molar-refractivity contribution >= 4 is 34.7 Å². The SMILES string of the molecule is O=[N+]([O-])c1cc(-n2nnnc2SCc2ccc(Cl)cc2)cc([N+](=O)[O-])c1. The quantitative estimate of drug-likeness (QED) is 0.354. The van der Waals surface area contributed by atoms with Crippen LogP contribution in [-0.2, 0) is 5.75 Å². The molecule has 3 aromatic rings. The van der Waals surface area contributed by atoms with Crippen LogP contribution in [0.5, 0.6) is 0 Å². The van der Waals surface area contributed by atoms with Crippen molar-refractivity contribution in [2.75, 3.05) is 0 Å². The molecule has 0 saturated carbocycles. The number of non-ortho nitro benzene ring substituents is 2. The van der Waals surface area contributed by atoms with E-state index in [1.807, 2.05) is 12.1 Å². The van der Waals surface area contributed by atoms with Crippen molar-refractivity contribution < 1.29 is 9.85 Å². The summed E-state index contributed by atoms with van der Waals surface area (Å²) < 4.78 is 1.22. The van der Waals surface area contributed by atoms with Gasteiger partial charge >= 0.3 is 0 Å². The minimum atomic E-state index is -0.707. The Balaban J connectivity index is 1.91. The molecule has 0 aliphatic rings. The van der Waals surface area contributed by atoms with E-state index in [1.165, 1.54) is 28.6 Å². The number of hydrogen-bond acceptors (Lipinski definition) is 8. The van der Waals surface area contributed by atoms with Gasteiger partial charge in [0.25, 0.3) is 11.4 Å². The first-order valence-corrected chi connectivity index (χ1v) is 8.40. The van der Waals surface area contributed by atoms with Gasteiger partial charge in [0, 0.05) is 22.9 Å². The highest BCUT2D eigenvalue weighted by atomic mass is 35.5. The zero-order valence-electron chi connectivity index (χ0n) is 12.9. The summed E-state index contributed by atoms with van der Waals surface area (Å²) in [4.78, 5) is 20.6. The van der Waals surface area contributed by atoms with E-state index in [9.17, 15) is 20.2 Å². The van der Waals surface area contributed by atoms with Gasteiger partial charge in [-0.15, -0.1) is 5.10 Å². The molecule has 1 heterocycles. The smallest absolute Gasteiger partial charge is 0.258 e. The summed E-state index contributed by atoms with van der Waals surface area (Å²) in [6.07, 6.45) is 0. The molecule has 0 N–H and O–H groups in total. The third-order valence-electron chi connectivity index (χ3n) is 3.28. The normalized spacial score (nSPS) is 10.7. The lowest BCUT2D eigenvalue weighted by Crippen LogP contribution is -2.02. The molecule has 10 nitrogen and oxygen atoms in total. The van der Waals surface area contributed by atoms with Gasteiger partial charge in [-0.05, 0) is 28.1 Å². The van der Waals surface area contributed by atoms with Gasteiger partial charge < -0.3 is 0 Å². The van der Waals surface area contributed by atoms with E-state index in [0.29, 0.717) is 15.9 Å². The van der Waals surface area contributed by atoms with Crippen molar-refractivity contribution in [1.82, 2.24) is 20.2 Å². The van der Waals surface area contributed by atoms with Gasteiger partial charge in [0.2, 0.25) is 5.16 Å². The molecule has 0 fully saturated rings. The molecule has 132 valence electrons. The zero-order chi connectivity index (χ0) is 18.7. The summed E-state index contributed by atoms with van der Waals surface area (Å²) >= 11 is 7.12. The minimum absolute atomic E-state index is 0.134. The molecular formula is C14H9ClN6O4S. The molecule has 3 rings (SSSR count). The number of nitrogens with zero attached hydrogens (tertiary/aromatic N) is 6. The van der Waals surface area contributed by atoms with Crippen molar-refractivity contribution in [2.24, 2.45) is 0 Å². The highest BCUT2D eigenvalue weighted by molar-refractivity contribution is 7.98. The van der Waals surface area contributed by atoms with Crippen LogP contribution in [0.3, 0.4) is 0 Å². The molecule has 12 heteroatoms. The van der Waals surface area contributed by atoms with E-state index in [-0.39, 0.29) is 5.69 Å². The van der Waals surface area contributed by atoms with Crippen LogP contribution in [0, 0.1) is 20.2 Å². The number of nitro groups is 2. The van der Waals surface area contributed by atoms with Gasteiger partial charge in [-0.1, -0.05) is 35.5 Å². The number of aromatic nitrogens is 4. The molecule has 0 spiro atoms. The molecule has 0 radical (unpaired) electrons. The van der Waals surface area contributed by atoms with Crippen LogP contribution >= 0.6 is 23.4 Å². The Bertz CT molecular complexity index is 946. The summed E-state index contributed by atoms with van der Waals surface area (Å²) in [5.74, 6) is 0.522. The summed E-state index contributed by atoms with van der Waals surface area (Å²) in [7, 11) is 0. The second-order valence-corrected chi connectivity index (χ2v) is 6.39. The van der Waals surface area contributed by atoms with Gasteiger partial charge in [0.05, 0.1) is 21.6 Å². The first-order chi connectivity index (χ1) is 12.4. The van der Waals surface area contributed by atoms with E-state index < -0.39 is 21.2 Å². The van der Waals surface area contributed by atoms with Crippen LogP contribution in [0.25, 0.3) is 5.69 Å². The Morgan fingerprint density at radius 1 is 1.04 bits per heavy atom. The second kappa shape index (κ2) is 7.45. The van der Waals surface area contributed by atoms with Crippen molar-refractivity contribution in [3.63, 3.8) is 0 Å². The second-order valence-electron chi connectivity index (χ2n) is 5.01. The zero-order valence-corrected chi connectivity index (χ0v) is 14.4. The number of hydrogen-bond donors (Lipinski definition) is 0. The predicted octanol–water partition coefficient (Wildman–Crippen LogP) is 3.42. The maximum Gasteiger partial charge on any atom is 0.278 e. The number of rotatable bonds is 6. The molecule has 0 unspecified atom stereocenters. The van der Waals surface area contributed by atoms with E-state index in [2.05, 4.69) is 15.5 Å². The molecular weight excluding hydrogens is 384 g/mol. The lowest BCUT2D eigenvalue weighted by Gasteiger charge is -2.05. The van der Waals surface area contributed by atoms with E-state index in [0.717, 1.165) is 11.6 Å². The summed E-state index contributed by atoms with van der Waals surface area (Å²) in [6.45, 7) is 0. The van der Waals surface area contributed by atoms with Crippen LogP contribution in [0.4, 0.5) is 11.4 Å². The Labute approximate surface area is 155 Å². The number of benzene rings is 2. The fourth-order valence-corrected chi connectivity index (χ4v) is 3.04. The molecule has 0 bridgehead atoms. The molecule has 0 aliphatic heterocycles. The number of nitro benzene ring substituents is 2. The van der Waals surface area contributed by atoms with Gasteiger partial charge in [-0.25, -0.2) is 0 Å². The Hall–Kier alpha value is -3.05. The van der Waals surface area contributed by atoms with E-state index >= 15 is 0 Å². The molecule has 0 amide bonds. The van der Waals surface area contributed by atoms with Crippen molar-refractivity contribution in [2.45, 2.75) is 10.9 Å². The standard InChI is InChI=1S/C14H9ClN6O4S/c15-10-3-1-9(2-4-10)8-26-14-16-17-18-19(14)11-5-12(20(22)23)7-13(6-11)21(24)25/h1-7H,8H2. The maximum absolute atomic E-state index is 11.0. The Morgan fingerprint density at radius 2 is 1.65 bits per heavy atom. The first-order valence-electron chi connectivity index (χ1n) is 7.04. The lowest BCUT2D eigenvalue weighted by molar-refractivity contribution is -0.394. The molecule has 0 saturated heterocycles. The Kier molecular flexibility index (Phi) is 5.09. The van der Waals surface area contributed by atoms with Gasteiger partial charge in [-0.3, -0.25) is 20.2 Å². The van der Waals surface area contributed by atoms with Crippen LogP contribution in [-0.4, -0.2) is 30.1 Å².